The van der Waals surface area contributed by atoms with Crippen molar-refractivity contribution in [2.45, 2.75) is 39.7 Å². The molecule has 0 spiro atoms. The molecule has 3 N–H and O–H groups in total. The molecule has 1 aromatic carbocycles. The van der Waals surface area contributed by atoms with Gasteiger partial charge in [-0.3, -0.25) is 0 Å². The summed E-state index contributed by atoms with van der Waals surface area (Å²) in [6.07, 6.45) is 0.681. The fourth-order valence-corrected chi connectivity index (χ4v) is 4.18. The number of nitrogens with zero attached hydrogens (tertiary/aromatic N) is 1. The molecule has 25 heavy (non-hydrogen) atoms. The van der Waals surface area contributed by atoms with Gasteiger partial charge in [-0.15, -0.1) is 11.3 Å². The number of nitrogens with two attached hydrogens (primary N) is 1. The average molecular weight is 357 g/mol. The number of ether oxygens (including phenoxy) is 1. The Balaban J connectivity index is 2.17. The number of rotatable bonds is 4. The number of para-hydroxylation sites is 1. The largest absolute Gasteiger partial charge is 0.438 e. The van der Waals surface area contributed by atoms with Crippen LogP contribution in [0.2, 0.25) is 0 Å². The third-order valence-corrected chi connectivity index (χ3v) is 5.34. The van der Waals surface area contributed by atoms with Crippen molar-refractivity contribution < 1.29 is 9.53 Å². The smallest absolute Gasteiger partial charge is 0.405 e. The number of nitrogens with one attached hydrogen (secondary N) is 1. The lowest BCUT2D eigenvalue weighted by Crippen LogP contribution is -2.30. The van der Waals surface area contributed by atoms with Crippen LogP contribution in [0.15, 0.2) is 35.8 Å². The SMILES string of the molecule is Cc1csc([C@@H](OC(N)=O)C(c2c[nH]c3ccccc23)C(C)(C)C)n1. The topological polar surface area (TPSA) is 81.0 Å². The minimum absolute atomic E-state index is 0.0956. The summed E-state index contributed by atoms with van der Waals surface area (Å²) >= 11 is 1.49. The lowest BCUT2D eigenvalue weighted by molar-refractivity contribution is 0.0581. The minimum Gasteiger partial charge on any atom is -0.438 e. The van der Waals surface area contributed by atoms with Crippen molar-refractivity contribution >= 4 is 28.3 Å². The maximum absolute atomic E-state index is 11.6. The number of thiazole rings is 1. The molecule has 0 radical (unpaired) electrons. The van der Waals surface area contributed by atoms with E-state index < -0.39 is 12.2 Å². The van der Waals surface area contributed by atoms with Crippen molar-refractivity contribution in [2.24, 2.45) is 11.1 Å². The zero-order valence-electron chi connectivity index (χ0n) is 14.9. The Morgan fingerprint density at radius 3 is 2.64 bits per heavy atom. The maximum atomic E-state index is 11.6. The molecule has 132 valence electrons. The van der Waals surface area contributed by atoms with Crippen LogP contribution in [0.4, 0.5) is 4.79 Å². The number of aromatic nitrogens is 2. The number of hydrogen-bond acceptors (Lipinski definition) is 4. The molecule has 5 nitrogen and oxygen atoms in total. The molecule has 0 bridgehead atoms. The van der Waals surface area contributed by atoms with Gasteiger partial charge in [0, 0.05) is 34.1 Å². The predicted octanol–water partition coefficient (Wildman–Crippen LogP) is 4.90. The van der Waals surface area contributed by atoms with Gasteiger partial charge in [-0.2, -0.15) is 0 Å². The Morgan fingerprint density at radius 1 is 1.32 bits per heavy atom. The van der Waals surface area contributed by atoms with Gasteiger partial charge < -0.3 is 15.5 Å². The van der Waals surface area contributed by atoms with Crippen molar-refractivity contribution in [3.05, 3.63) is 52.1 Å². The van der Waals surface area contributed by atoms with Gasteiger partial charge in [0.1, 0.15) is 5.01 Å². The highest BCUT2D eigenvalue weighted by Crippen LogP contribution is 2.48. The van der Waals surface area contributed by atoms with E-state index in [0.29, 0.717) is 0 Å². The van der Waals surface area contributed by atoms with E-state index in [1.807, 2.05) is 36.7 Å². The number of H-pyrrole nitrogens is 1. The van der Waals surface area contributed by atoms with E-state index in [1.165, 1.54) is 11.3 Å². The molecule has 0 aliphatic carbocycles. The number of aromatic amines is 1. The van der Waals surface area contributed by atoms with Gasteiger partial charge in [0.2, 0.25) is 0 Å². The molecule has 1 unspecified atom stereocenters. The highest BCUT2D eigenvalue weighted by molar-refractivity contribution is 7.09. The Hall–Kier alpha value is -2.34. The summed E-state index contributed by atoms with van der Waals surface area (Å²) in [6, 6.07) is 8.12. The normalized spacial score (nSPS) is 14.4. The first-order valence-corrected chi connectivity index (χ1v) is 9.09. The molecule has 0 saturated carbocycles. The quantitative estimate of drug-likeness (QED) is 0.697. The van der Waals surface area contributed by atoms with Gasteiger partial charge in [0.05, 0.1) is 0 Å². The molecule has 0 saturated heterocycles. The maximum Gasteiger partial charge on any atom is 0.405 e. The van der Waals surface area contributed by atoms with E-state index in [9.17, 15) is 4.79 Å². The molecule has 2 heterocycles. The summed E-state index contributed by atoms with van der Waals surface area (Å²) < 4.78 is 5.58. The number of carbonyl (C=O) groups excluding carboxylic acids is 1. The molecule has 3 rings (SSSR count). The molecule has 0 aliphatic rings. The van der Waals surface area contributed by atoms with Gasteiger partial charge in [-0.25, -0.2) is 9.78 Å². The van der Waals surface area contributed by atoms with Gasteiger partial charge in [-0.05, 0) is 24.0 Å². The lowest BCUT2D eigenvalue weighted by atomic mass is 9.73. The van der Waals surface area contributed by atoms with Crippen molar-refractivity contribution in [1.82, 2.24) is 9.97 Å². The van der Waals surface area contributed by atoms with Gasteiger partial charge in [-0.1, -0.05) is 39.0 Å². The Kier molecular flexibility index (Phi) is 4.56. The number of aryl methyl sites for hydroxylation is 1. The summed E-state index contributed by atoms with van der Waals surface area (Å²) in [5.74, 6) is -0.0956. The summed E-state index contributed by atoms with van der Waals surface area (Å²) in [4.78, 5) is 19.5. The Morgan fingerprint density at radius 2 is 2.04 bits per heavy atom. The minimum atomic E-state index is -0.785. The van der Waals surface area contributed by atoms with Crippen LogP contribution in [0.3, 0.4) is 0 Å². The number of carbonyl (C=O) groups is 1. The average Bonchev–Trinajstić information content (AvgIpc) is 3.12. The monoisotopic (exact) mass is 357 g/mol. The summed E-state index contributed by atoms with van der Waals surface area (Å²) in [5.41, 5.74) is 8.28. The molecule has 6 heteroatoms. The molecular formula is C19H23N3O2S. The number of amides is 1. The van der Waals surface area contributed by atoms with Crippen molar-refractivity contribution in [3.63, 3.8) is 0 Å². The van der Waals surface area contributed by atoms with Gasteiger partial charge >= 0.3 is 6.09 Å². The third kappa shape index (κ3) is 3.54. The molecule has 0 aliphatic heterocycles. The van der Waals surface area contributed by atoms with Crippen molar-refractivity contribution in [3.8, 4) is 0 Å². The second kappa shape index (κ2) is 6.52. The van der Waals surface area contributed by atoms with E-state index in [0.717, 1.165) is 27.2 Å². The molecule has 0 fully saturated rings. The van der Waals surface area contributed by atoms with Crippen LogP contribution in [-0.2, 0) is 4.74 Å². The second-order valence-electron chi connectivity index (χ2n) is 7.32. The lowest BCUT2D eigenvalue weighted by Gasteiger charge is -2.35. The van der Waals surface area contributed by atoms with Crippen LogP contribution in [0.5, 0.6) is 0 Å². The van der Waals surface area contributed by atoms with Gasteiger partial charge in [0.15, 0.2) is 6.10 Å². The van der Waals surface area contributed by atoms with E-state index in [-0.39, 0.29) is 11.3 Å². The van der Waals surface area contributed by atoms with Gasteiger partial charge in [0.25, 0.3) is 0 Å². The number of hydrogen-bond donors (Lipinski definition) is 2. The highest BCUT2D eigenvalue weighted by Gasteiger charge is 2.39. The second-order valence-corrected chi connectivity index (χ2v) is 8.21. The Bertz CT molecular complexity index is 891. The highest BCUT2D eigenvalue weighted by atomic mass is 32.1. The zero-order valence-corrected chi connectivity index (χ0v) is 15.7. The number of fused-ring (bicyclic) bond motifs is 1. The fourth-order valence-electron chi connectivity index (χ4n) is 3.32. The zero-order chi connectivity index (χ0) is 18.2. The first kappa shape index (κ1) is 17.5. The molecule has 2 aromatic heterocycles. The standard InChI is InChI=1S/C19H23N3O2S/c1-11-10-25-17(22-11)16(24-18(20)23)15(19(2,3)4)13-9-21-14-8-6-5-7-12(13)14/h5-10,15-16,21H,1-4H3,(H2,20,23)/t15?,16-/m0/s1. The van der Waals surface area contributed by atoms with E-state index in [1.54, 1.807) is 0 Å². The van der Waals surface area contributed by atoms with E-state index in [2.05, 4.69) is 36.8 Å². The molecule has 3 aromatic rings. The number of benzene rings is 1. The van der Waals surface area contributed by atoms with Crippen LogP contribution in [-0.4, -0.2) is 16.1 Å². The Labute approximate surface area is 151 Å². The molecule has 2 atom stereocenters. The third-order valence-electron chi connectivity index (χ3n) is 4.32. The van der Waals surface area contributed by atoms with Crippen LogP contribution in [0, 0.1) is 12.3 Å². The molecule has 1 amide bonds. The van der Waals surface area contributed by atoms with Crippen LogP contribution in [0.25, 0.3) is 10.9 Å². The fraction of sp³-hybridized carbons (Fsp3) is 0.368. The van der Waals surface area contributed by atoms with Crippen molar-refractivity contribution in [2.75, 3.05) is 0 Å². The van der Waals surface area contributed by atoms with Crippen molar-refractivity contribution in [1.29, 1.82) is 0 Å². The first-order chi connectivity index (χ1) is 11.8. The summed E-state index contributed by atoms with van der Waals surface area (Å²) in [5, 5.41) is 3.84. The van der Waals surface area contributed by atoms with Crippen LogP contribution in [0.1, 0.15) is 49.1 Å². The molecular weight excluding hydrogens is 334 g/mol. The summed E-state index contributed by atoms with van der Waals surface area (Å²) in [7, 11) is 0. The summed E-state index contributed by atoms with van der Waals surface area (Å²) in [6.45, 7) is 8.34. The predicted molar refractivity (Wildman–Crippen MR) is 101 cm³/mol. The van der Waals surface area contributed by atoms with Crippen LogP contribution >= 0.6 is 11.3 Å². The van der Waals surface area contributed by atoms with E-state index in [4.69, 9.17) is 10.5 Å². The van der Waals surface area contributed by atoms with Crippen LogP contribution < -0.4 is 5.73 Å². The first-order valence-electron chi connectivity index (χ1n) is 8.21. The van der Waals surface area contributed by atoms with E-state index >= 15 is 0 Å². The number of primary amides is 1.